The molecule has 22 heavy (non-hydrogen) atoms. The largest absolute Gasteiger partial charge is 0.357 e. The van der Waals surface area contributed by atoms with Crippen LogP contribution in [-0.4, -0.2) is 17.5 Å². The molecule has 0 radical (unpaired) electrons. The second kappa shape index (κ2) is 6.13. The monoisotopic (exact) mass is 300 g/mol. The van der Waals surface area contributed by atoms with E-state index >= 15 is 0 Å². The van der Waals surface area contributed by atoms with E-state index in [1.807, 2.05) is 35.2 Å². The van der Waals surface area contributed by atoms with Gasteiger partial charge in [0, 0.05) is 17.2 Å². The van der Waals surface area contributed by atoms with Crippen molar-refractivity contribution in [1.29, 1.82) is 0 Å². The minimum Gasteiger partial charge on any atom is -0.357 e. The van der Waals surface area contributed by atoms with Gasteiger partial charge in [-0.3, -0.25) is 10.1 Å². The molecule has 114 valence electrons. The fourth-order valence-corrected chi connectivity index (χ4v) is 3.07. The minimum absolute atomic E-state index is 0.0936. The van der Waals surface area contributed by atoms with Crippen molar-refractivity contribution >= 4 is 5.69 Å². The second-order valence-electron chi connectivity index (χ2n) is 5.59. The molecule has 0 spiro atoms. The van der Waals surface area contributed by atoms with E-state index in [1.165, 1.54) is 12.1 Å². The van der Waals surface area contributed by atoms with Gasteiger partial charge in [-0.15, -0.1) is 0 Å². The lowest BCUT2D eigenvalue weighted by molar-refractivity contribution is -0.482. The molecule has 1 heterocycles. The van der Waals surface area contributed by atoms with E-state index in [0.29, 0.717) is 19.4 Å². The standard InChI is InChI=1S/C17H17FN2O2/c18-15-7-9-17-14(10-15)6-8-16(12-20(21)22)19(17)11-13-4-2-1-3-5-13/h1-5,7,9-10,16H,6,8,11-12H2. The fourth-order valence-electron chi connectivity index (χ4n) is 3.07. The van der Waals surface area contributed by atoms with Gasteiger partial charge in [0.1, 0.15) is 5.82 Å². The van der Waals surface area contributed by atoms with Crippen molar-refractivity contribution in [2.75, 3.05) is 11.4 Å². The highest BCUT2D eigenvalue weighted by atomic mass is 19.1. The maximum atomic E-state index is 13.4. The van der Waals surface area contributed by atoms with Gasteiger partial charge in [-0.05, 0) is 42.2 Å². The van der Waals surface area contributed by atoms with Crippen LogP contribution in [0.1, 0.15) is 17.5 Å². The molecule has 0 saturated heterocycles. The molecule has 0 bridgehead atoms. The predicted molar refractivity (Wildman–Crippen MR) is 83.0 cm³/mol. The number of benzene rings is 2. The summed E-state index contributed by atoms with van der Waals surface area (Å²) in [5.74, 6) is -0.258. The van der Waals surface area contributed by atoms with Gasteiger partial charge < -0.3 is 4.90 Å². The highest BCUT2D eigenvalue weighted by Crippen LogP contribution is 2.32. The average Bonchev–Trinajstić information content (AvgIpc) is 2.50. The van der Waals surface area contributed by atoms with Crippen LogP contribution in [0.2, 0.25) is 0 Å². The Kier molecular flexibility index (Phi) is 4.04. The third-order valence-corrected chi connectivity index (χ3v) is 4.09. The Bertz CT molecular complexity index is 676. The van der Waals surface area contributed by atoms with Crippen LogP contribution < -0.4 is 4.90 Å². The lowest BCUT2D eigenvalue weighted by atomic mass is 9.95. The summed E-state index contributed by atoms with van der Waals surface area (Å²) < 4.78 is 13.4. The van der Waals surface area contributed by atoms with Crippen molar-refractivity contribution in [2.24, 2.45) is 0 Å². The number of fused-ring (bicyclic) bond motifs is 1. The number of anilines is 1. The van der Waals surface area contributed by atoms with Crippen LogP contribution >= 0.6 is 0 Å². The Morgan fingerprint density at radius 3 is 2.73 bits per heavy atom. The molecular formula is C17H17FN2O2. The number of hydrogen-bond donors (Lipinski definition) is 0. The summed E-state index contributed by atoms with van der Waals surface area (Å²) in [5.41, 5.74) is 2.92. The van der Waals surface area contributed by atoms with E-state index in [9.17, 15) is 14.5 Å². The number of rotatable bonds is 4. The Morgan fingerprint density at radius 1 is 1.23 bits per heavy atom. The van der Waals surface area contributed by atoms with Crippen molar-refractivity contribution in [3.05, 3.63) is 75.6 Å². The number of nitrogens with zero attached hydrogens (tertiary/aromatic N) is 2. The summed E-state index contributed by atoms with van der Waals surface area (Å²) in [5, 5.41) is 11.0. The Balaban J connectivity index is 1.94. The summed E-state index contributed by atoms with van der Waals surface area (Å²) >= 11 is 0. The maximum absolute atomic E-state index is 13.4. The molecule has 2 aromatic carbocycles. The molecule has 0 N–H and O–H groups in total. The van der Waals surface area contributed by atoms with Gasteiger partial charge in [0.05, 0.1) is 6.04 Å². The molecular weight excluding hydrogens is 283 g/mol. The molecule has 0 saturated carbocycles. The van der Waals surface area contributed by atoms with Crippen LogP contribution in [0.25, 0.3) is 0 Å². The zero-order valence-electron chi connectivity index (χ0n) is 12.1. The topological polar surface area (TPSA) is 46.4 Å². The Hall–Kier alpha value is -2.43. The summed E-state index contributed by atoms with van der Waals surface area (Å²) in [6.45, 7) is 0.502. The van der Waals surface area contributed by atoms with E-state index in [2.05, 4.69) is 0 Å². The van der Waals surface area contributed by atoms with Crippen LogP contribution in [0.15, 0.2) is 48.5 Å². The predicted octanol–water partition coefficient (Wildman–Crippen LogP) is 3.42. The van der Waals surface area contributed by atoms with E-state index in [1.54, 1.807) is 6.07 Å². The zero-order chi connectivity index (χ0) is 15.5. The third-order valence-electron chi connectivity index (χ3n) is 4.09. The molecule has 1 atom stereocenters. The smallest absolute Gasteiger partial charge is 0.223 e. The molecule has 0 amide bonds. The van der Waals surface area contributed by atoms with Crippen LogP contribution in [0, 0.1) is 15.9 Å². The van der Waals surface area contributed by atoms with Gasteiger partial charge in [-0.25, -0.2) is 4.39 Å². The molecule has 0 aliphatic carbocycles. The number of hydrogen-bond acceptors (Lipinski definition) is 3. The van der Waals surface area contributed by atoms with Crippen molar-refractivity contribution in [3.8, 4) is 0 Å². The molecule has 2 aromatic rings. The van der Waals surface area contributed by atoms with E-state index in [0.717, 1.165) is 16.8 Å². The summed E-state index contributed by atoms with van der Waals surface area (Å²) in [6.07, 6.45) is 1.35. The number of aryl methyl sites for hydroxylation is 1. The zero-order valence-corrected chi connectivity index (χ0v) is 12.1. The first-order valence-electron chi connectivity index (χ1n) is 7.34. The average molecular weight is 300 g/mol. The maximum Gasteiger partial charge on any atom is 0.223 e. The van der Waals surface area contributed by atoms with Crippen molar-refractivity contribution in [2.45, 2.75) is 25.4 Å². The van der Waals surface area contributed by atoms with Gasteiger partial charge >= 0.3 is 0 Å². The normalized spacial score (nSPS) is 17.1. The van der Waals surface area contributed by atoms with Gasteiger partial charge in [-0.1, -0.05) is 30.3 Å². The van der Waals surface area contributed by atoms with Crippen molar-refractivity contribution in [1.82, 2.24) is 0 Å². The van der Waals surface area contributed by atoms with Gasteiger partial charge in [0.2, 0.25) is 6.54 Å². The lowest BCUT2D eigenvalue weighted by Crippen LogP contribution is -2.43. The molecule has 4 nitrogen and oxygen atoms in total. The molecule has 1 aliphatic rings. The van der Waals surface area contributed by atoms with E-state index in [-0.39, 0.29) is 23.3 Å². The van der Waals surface area contributed by atoms with Crippen LogP contribution in [-0.2, 0) is 13.0 Å². The number of nitro groups is 1. The molecule has 1 unspecified atom stereocenters. The van der Waals surface area contributed by atoms with E-state index < -0.39 is 0 Å². The van der Waals surface area contributed by atoms with Gasteiger partial charge in [0.25, 0.3) is 0 Å². The van der Waals surface area contributed by atoms with Crippen molar-refractivity contribution < 1.29 is 9.31 Å². The summed E-state index contributed by atoms with van der Waals surface area (Å²) in [6, 6.07) is 14.4. The summed E-state index contributed by atoms with van der Waals surface area (Å²) in [4.78, 5) is 12.7. The molecule has 1 aliphatic heterocycles. The van der Waals surface area contributed by atoms with Crippen LogP contribution in [0.3, 0.4) is 0 Å². The number of halogens is 1. The van der Waals surface area contributed by atoms with Crippen LogP contribution in [0.4, 0.5) is 10.1 Å². The first kappa shape index (κ1) is 14.5. The SMILES string of the molecule is O=[N+]([O-])CC1CCc2cc(F)ccc2N1Cc1ccccc1. The third kappa shape index (κ3) is 3.08. The Morgan fingerprint density at radius 2 is 2.00 bits per heavy atom. The first-order valence-corrected chi connectivity index (χ1v) is 7.34. The lowest BCUT2D eigenvalue weighted by Gasteiger charge is -2.37. The molecule has 3 rings (SSSR count). The fraction of sp³-hybridized carbons (Fsp3) is 0.294. The quantitative estimate of drug-likeness (QED) is 0.642. The second-order valence-corrected chi connectivity index (χ2v) is 5.59. The van der Waals surface area contributed by atoms with E-state index in [4.69, 9.17) is 0 Å². The molecule has 0 aromatic heterocycles. The van der Waals surface area contributed by atoms with Gasteiger partial charge in [-0.2, -0.15) is 0 Å². The molecule has 0 fully saturated rings. The molecule has 5 heteroatoms. The minimum atomic E-state index is -0.267. The van der Waals surface area contributed by atoms with Crippen molar-refractivity contribution in [3.63, 3.8) is 0 Å². The highest BCUT2D eigenvalue weighted by Gasteiger charge is 2.30. The Labute approximate surface area is 128 Å². The van der Waals surface area contributed by atoms with Gasteiger partial charge in [0.15, 0.2) is 0 Å². The first-order chi connectivity index (χ1) is 10.6. The highest BCUT2D eigenvalue weighted by molar-refractivity contribution is 5.57. The summed E-state index contributed by atoms with van der Waals surface area (Å²) in [7, 11) is 0. The van der Waals surface area contributed by atoms with Crippen LogP contribution in [0.5, 0.6) is 0 Å².